The van der Waals surface area contributed by atoms with Crippen molar-refractivity contribution < 1.29 is 63.5 Å². The molecule has 3 saturated heterocycles. The van der Waals surface area contributed by atoms with Crippen LogP contribution in [-0.4, -0.2) is 177 Å². The number of ether oxygens (including phenoxy) is 6. The van der Waals surface area contributed by atoms with Crippen molar-refractivity contribution in [3.63, 3.8) is 0 Å². The Bertz CT molecular complexity index is 1940. The summed E-state index contributed by atoms with van der Waals surface area (Å²) in [5.74, 6) is -1.98. The number of aliphatic hydroxyl groups excluding tert-OH is 3. The van der Waals surface area contributed by atoms with Gasteiger partial charge in [-0.05, 0) is 119 Å². The van der Waals surface area contributed by atoms with E-state index in [1.165, 1.54) is 14.0 Å². The molecule has 71 heavy (non-hydrogen) atoms. The second kappa shape index (κ2) is 25.1. The fourth-order valence-corrected chi connectivity index (χ4v) is 11.3. The highest BCUT2D eigenvalue weighted by Crippen LogP contribution is 2.40. The van der Waals surface area contributed by atoms with E-state index in [-0.39, 0.29) is 43.2 Å². The van der Waals surface area contributed by atoms with Crippen LogP contribution < -0.4 is 0 Å². The van der Waals surface area contributed by atoms with Crippen molar-refractivity contribution in [2.45, 2.75) is 237 Å². The zero-order valence-electron chi connectivity index (χ0n) is 45.1. The Morgan fingerprint density at radius 1 is 0.944 bits per heavy atom. The van der Waals surface area contributed by atoms with Gasteiger partial charge in [0.2, 0.25) is 0 Å². The first-order chi connectivity index (χ1) is 33.2. The lowest BCUT2D eigenvalue weighted by Crippen LogP contribution is -2.60. The number of aliphatic hydroxyl groups is 5. The Morgan fingerprint density at radius 3 is 2.25 bits per heavy atom. The number of unbranched alkanes of at least 4 members (excludes halogenated alkanes) is 2. The van der Waals surface area contributed by atoms with E-state index in [1.807, 2.05) is 64.0 Å². The van der Waals surface area contributed by atoms with E-state index in [1.54, 1.807) is 48.5 Å². The van der Waals surface area contributed by atoms with Gasteiger partial charge in [0.05, 0.1) is 41.5 Å². The second-order valence-electron chi connectivity index (χ2n) is 22.3. The zero-order valence-corrected chi connectivity index (χ0v) is 45.1. The quantitative estimate of drug-likeness (QED) is 0.101. The number of benzene rings is 1. The third-order valence-corrected chi connectivity index (χ3v) is 15.8. The number of amidine groups is 1. The molecule has 0 aliphatic carbocycles. The summed E-state index contributed by atoms with van der Waals surface area (Å²) in [6.45, 7) is 20.1. The number of hydrogen-bond acceptors (Lipinski definition) is 18. The molecule has 0 spiro atoms. The summed E-state index contributed by atoms with van der Waals surface area (Å²) in [5.41, 5.74) is -2.67. The summed E-state index contributed by atoms with van der Waals surface area (Å²) in [5, 5.41) is 68.5. The van der Waals surface area contributed by atoms with Crippen LogP contribution in [0, 0.1) is 17.8 Å². The third-order valence-electron chi connectivity index (χ3n) is 15.8. The Labute approximate surface area is 422 Å². The number of ketones is 1. The predicted octanol–water partition coefficient (Wildman–Crippen LogP) is 5.55. The van der Waals surface area contributed by atoms with E-state index >= 15 is 0 Å². The highest BCUT2D eigenvalue weighted by atomic mass is 16.7. The number of nitrogens with zero attached hydrogens (tertiary/aromatic N) is 5. The van der Waals surface area contributed by atoms with Gasteiger partial charge in [-0.1, -0.05) is 51.5 Å². The molecule has 0 bridgehead atoms. The van der Waals surface area contributed by atoms with Gasteiger partial charge in [0.25, 0.3) is 0 Å². The fraction of sp³-hybridized carbons (Fsp3) is 0.830. The molecule has 1 aromatic rings. The first-order valence-electron chi connectivity index (χ1n) is 26.1. The van der Waals surface area contributed by atoms with E-state index < -0.39 is 102 Å². The first-order valence-corrected chi connectivity index (χ1v) is 26.1. The number of azo groups is 1. The summed E-state index contributed by atoms with van der Waals surface area (Å²) >= 11 is 0. The van der Waals surface area contributed by atoms with E-state index in [9.17, 15) is 35.1 Å². The Balaban J connectivity index is 1.42. The van der Waals surface area contributed by atoms with Gasteiger partial charge in [-0.15, -0.1) is 5.11 Å². The molecule has 18 nitrogen and oxygen atoms in total. The number of esters is 1. The average Bonchev–Trinajstić information content (AvgIpc) is 3.78. The summed E-state index contributed by atoms with van der Waals surface area (Å²) in [4.78, 5) is 34.5. The average molecular weight is 1000 g/mol. The molecule has 5 rings (SSSR count). The lowest BCUT2D eigenvalue weighted by molar-refractivity contribution is -0.318. The van der Waals surface area contributed by atoms with Crippen LogP contribution in [0.25, 0.3) is 0 Å². The number of methoxy groups -OCH3 is 1. The molecule has 4 aliphatic rings. The van der Waals surface area contributed by atoms with Crippen LogP contribution in [0.2, 0.25) is 0 Å². The number of carbonyl (C=O) groups excluding carboxylic acids is 2. The Kier molecular flexibility index (Phi) is 20.9. The molecule has 0 radical (unpaired) electrons. The maximum absolute atomic E-state index is 14.5. The highest BCUT2D eigenvalue weighted by molar-refractivity contribution is 5.99. The molecule has 1 unspecified atom stereocenters. The number of rotatable bonds is 16. The van der Waals surface area contributed by atoms with Gasteiger partial charge in [0.15, 0.2) is 24.6 Å². The van der Waals surface area contributed by atoms with E-state index in [2.05, 4.69) is 15.1 Å². The molecule has 0 aromatic heterocycles. The van der Waals surface area contributed by atoms with Gasteiger partial charge in [-0.2, -0.15) is 5.11 Å². The molecule has 0 saturated carbocycles. The molecule has 4 heterocycles. The van der Waals surface area contributed by atoms with Crippen molar-refractivity contribution in [3.8, 4) is 0 Å². The van der Waals surface area contributed by atoms with Crippen LogP contribution in [0.3, 0.4) is 0 Å². The summed E-state index contributed by atoms with van der Waals surface area (Å²) in [7, 11) is 5.29. The lowest BCUT2D eigenvalue weighted by atomic mass is 9.77. The Morgan fingerprint density at radius 2 is 1.62 bits per heavy atom. The molecule has 404 valence electrons. The fourth-order valence-electron chi connectivity index (χ4n) is 11.3. The summed E-state index contributed by atoms with van der Waals surface area (Å²) < 4.78 is 38.4. The van der Waals surface area contributed by atoms with Crippen molar-refractivity contribution in [3.05, 3.63) is 35.4 Å². The molecule has 1 aromatic carbocycles. The van der Waals surface area contributed by atoms with Crippen LogP contribution in [0.5, 0.6) is 0 Å². The number of Topliss-reactive ketones (excluding diaryl/α,β-unsaturated/α-hetero) is 1. The van der Waals surface area contributed by atoms with E-state index in [0.29, 0.717) is 31.8 Å². The smallest absolute Gasteiger partial charge is 0.311 e. The van der Waals surface area contributed by atoms with Crippen molar-refractivity contribution >= 4 is 17.6 Å². The number of likely N-dealkylation sites (N-methyl/N-ethyl adjacent to an activating group) is 2. The molecule has 3 fully saturated rings. The molecule has 0 amide bonds. The van der Waals surface area contributed by atoms with Crippen LogP contribution in [0.1, 0.15) is 145 Å². The minimum Gasteiger partial charge on any atom is -0.459 e. The largest absolute Gasteiger partial charge is 0.459 e. The van der Waals surface area contributed by atoms with Gasteiger partial charge in [0, 0.05) is 56.6 Å². The van der Waals surface area contributed by atoms with Crippen molar-refractivity contribution in [1.82, 2.24) is 9.80 Å². The molecule has 5 N–H and O–H groups in total. The minimum atomic E-state index is -1.84. The summed E-state index contributed by atoms with van der Waals surface area (Å²) in [6.07, 6.45) is -5.12. The molecule has 4 aliphatic heterocycles. The first kappa shape index (κ1) is 59.0. The minimum absolute atomic E-state index is 0.103. The summed E-state index contributed by atoms with van der Waals surface area (Å²) in [6, 6.07) is 6.98. The Hall–Kier alpha value is -2.85. The number of carbonyl (C=O) groups is 2. The highest BCUT2D eigenvalue weighted by Gasteiger charge is 2.53. The maximum atomic E-state index is 14.5. The molecule has 19 atom stereocenters. The zero-order chi connectivity index (χ0) is 52.7. The van der Waals surface area contributed by atoms with Gasteiger partial charge in [-0.3, -0.25) is 9.69 Å². The SMILES string of the molecule is CC[C@H]1OC(=O)[C@H](C)[C@@H](O[C@H]2C[C@@](C)(OC)[C@@H](O)[C@H](C)O2)[C@H](C)[C@@H](O[C@@H]2O[C@H](C)C[C@H](N(C)Cc3ccc(C4=NC(CCCCCC(C)=O)N=N4)cc3)[C@H]2O)[C@](C)(O)C[C@@H](C)CN(C)[C@H](C)[C@@H](O)[C@]1(C)O. The molecular weight excluding hydrogens is 915 g/mol. The normalized spacial score (nSPS) is 41.3. The van der Waals surface area contributed by atoms with E-state index in [4.69, 9.17) is 33.4 Å². The van der Waals surface area contributed by atoms with E-state index in [0.717, 1.165) is 36.8 Å². The van der Waals surface area contributed by atoms with Gasteiger partial charge >= 0.3 is 5.97 Å². The predicted molar refractivity (Wildman–Crippen MR) is 267 cm³/mol. The van der Waals surface area contributed by atoms with Crippen LogP contribution >= 0.6 is 0 Å². The van der Waals surface area contributed by atoms with Crippen molar-refractivity contribution in [1.29, 1.82) is 0 Å². The third kappa shape index (κ3) is 14.7. The van der Waals surface area contributed by atoms with Crippen molar-refractivity contribution in [2.75, 3.05) is 27.7 Å². The number of cyclic esters (lactones) is 1. The van der Waals surface area contributed by atoms with Gasteiger partial charge in [-0.25, -0.2) is 4.99 Å². The van der Waals surface area contributed by atoms with Crippen LogP contribution in [0.4, 0.5) is 0 Å². The number of aliphatic imine (C=N–C) groups is 1. The molecular formula is C53H89N5O13. The topological polar surface area (TPSA) is 234 Å². The lowest BCUT2D eigenvalue weighted by Gasteiger charge is -2.49. The molecule has 18 heteroatoms. The van der Waals surface area contributed by atoms with Gasteiger partial charge < -0.3 is 63.6 Å². The standard InChI is InChI=1S/C53H89N5O13/c1-15-40-53(11,65)45(61)35(7)57(12)28-30(2)26-51(9,64)47(33(5)44(34(6)49(63)69-40)70-42-27-52(10,66-14)46(62)36(8)68-42)71-50-43(60)39(25-32(4)67-50)58(13)29-37-21-23-38(24-22-37)48-54-41(55-56-48)20-18-16-17-19-31(3)59/h21-24,30,32-36,39-47,50,60-62,64-65H,15-20,25-29H2,1-14H3/t30-,32-,33+,34-,35-,36+,39+,40-,41?,42+,43-,44+,45-,46+,47-,50+,51-,52-,53-/m1/s1. The van der Waals surface area contributed by atoms with Gasteiger partial charge in [0.1, 0.15) is 35.8 Å². The van der Waals surface area contributed by atoms with Crippen molar-refractivity contribution in [2.24, 2.45) is 33.0 Å². The number of hydrogen-bond donors (Lipinski definition) is 5. The second-order valence-corrected chi connectivity index (χ2v) is 22.3. The maximum Gasteiger partial charge on any atom is 0.311 e. The monoisotopic (exact) mass is 1000 g/mol. The van der Waals surface area contributed by atoms with Crippen LogP contribution in [0.15, 0.2) is 39.5 Å². The van der Waals surface area contributed by atoms with Crippen LogP contribution in [-0.2, 0) is 44.6 Å².